The average molecular weight is 1250 g/mol. The number of piperazine rings is 1. The number of pyridine rings is 2. The number of amides is 4. The number of aliphatic hydroxyl groups is 2. The number of fused-ring (bicyclic) bond motifs is 1. The first-order valence-corrected chi connectivity index (χ1v) is 31.4. The molecule has 6 aromatic rings. The molecule has 2 aliphatic heterocycles. The molecule has 0 bridgehead atoms. The first kappa shape index (κ1) is 67.9. The number of ether oxygens (including phenoxy) is 5. The second kappa shape index (κ2) is 32.6. The van der Waals surface area contributed by atoms with Crippen LogP contribution in [-0.2, 0) is 56.0 Å². The number of H-pyrrole nitrogens is 1. The number of benzene rings is 2. The lowest BCUT2D eigenvalue weighted by Gasteiger charge is -2.35. The van der Waals surface area contributed by atoms with E-state index in [1.165, 1.54) is 4.90 Å². The van der Waals surface area contributed by atoms with E-state index in [0.717, 1.165) is 87.0 Å². The van der Waals surface area contributed by atoms with Crippen molar-refractivity contribution in [2.24, 2.45) is 5.41 Å². The van der Waals surface area contributed by atoms with Crippen molar-refractivity contribution in [3.8, 4) is 21.6 Å². The molecule has 8 rings (SSSR count). The van der Waals surface area contributed by atoms with E-state index in [-0.39, 0.29) is 82.5 Å². The van der Waals surface area contributed by atoms with Crippen LogP contribution in [0.15, 0.2) is 77.3 Å². The number of aromatic amines is 1. The summed E-state index contributed by atoms with van der Waals surface area (Å²) >= 11 is 1.57. The van der Waals surface area contributed by atoms with Crippen LogP contribution in [0.5, 0.6) is 0 Å². The monoisotopic (exact) mass is 1250 g/mol. The van der Waals surface area contributed by atoms with E-state index < -0.39 is 41.6 Å². The van der Waals surface area contributed by atoms with Gasteiger partial charge >= 0.3 is 0 Å². The maximum atomic E-state index is 14.0. The van der Waals surface area contributed by atoms with Crippen molar-refractivity contribution in [2.45, 2.75) is 105 Å². The SMILES string of the molecule is Cc1cc(C)c(CNC(O)c2cc(-c3ccc(N4CCN(CCNC(=O)COCCOCCOCCOCCOCC(=O)N[C@H](C(=O)N5C[C@H](O)C[C@H]5C(=O)NCc5ccc(-c6scnc6C)cc5)C(C)(C)C)CC4)nc3)cc3c2cnn3C(C)C)c(=O)[nH]1. The number of hydrogen-bond acceptors (Lipinski definition) is 19. The summed E-state index contributed by atoms with van der Waals surface area (Å²) in [5, 5.41) is 39.3. The van der Waals surface area contributed by atoms with Crippen LogP contribution in [0.4, 0.5) is 5.82 Å². The molecule has 89 heavy (non-hydrogen) atoms. The zero-order valence-electron chi connectivity index (χ0n) is 52.5. The summed E-state index contributed by atoms with van der Waals surface area (Å²) in [7, 11) is 0. The van der Waals surface area contributed by atoms with Gasteiger partial charge in [0.25, 0.3) is 5.56 Å². The van der Waals surface area contributed by atoms with Gasteiger partial charge in [-0.25, -0.2) is 9.97 Å². The van der Waals surface area contributed by atoms with Gasteiger partial charge in [0.15, 0.2) is 0 Å². The Morgan fingerprint density at radius 1 is 0.775 bits per heavy atom. The van der Waals surface area contributed by atoms with Crippen LogP contribution in [0, 0.1) is 26.2 Å². The molecule has 2 aromatic carbocycles. The average Bonchev–Trinajstić information content (AvgIpc) is 1.81. The number of rotatable bonds is 32. The van der Waals surface area contributed by atoms with Crippen molar-refractivity contribution in [3.63, 3.8) is 0 Å². The first-order valence-electron chi connectivity index (χ1n) is 30.5. The van der Waals surface area contributed by atoms with E-state index in [4.69, 9.17) is 28.7 Å². The standard InChI is InChI=1S/C64H88N12O12S/c1-41(2)76-53-31-48(30-50(52(53)36-70-76)60(80)68-35-51-42(3)29-43(4)71-61(51)81)47-13-14-55(66-34-47)74-19-17-73(18-20-74)16-15-65-56(78)38-87-27-25-85-23-21-84-22-24-86-26-28-88-39-57(79)72-59(64(6,7)8)63(83)75-37-49(77)32-54(75)62(82)67-33-45-9-11-46(12-10-45)58-44(5)69-40-89-58/h9-14,29-31,34,36,40-41,49,54,59-60,68,77,80H,15-28,32-33,35,37-39H2,1-8H3,(H,65,78)(H,67,82)(H,71,81)(H,72,79)/t49-,54+,59-,60?/m1/s1. The highest BCUT2D eigenvalue weighted by atomic mass is 32.1. The van der Waals surface area contributed by atoms with Crippen molar-refractivity contribution in [2.75, 3.05) is 117 Å². The Morgan fingerprint density at radius 2 is 1.43 bits per heavy atom. The highest BCUT2D eigenvalue weighted by molar-refractivity contribution is 7.13. The Bertz CT molecular complexity index is 3340. The Labute approximate surface area is 524 Å². The summed E-state index contributed by atoms with van der Waals surface area (Å²) < 4.78 is 29.7. The number of aryl methyl sites for hydroxylation is 3. The lowest BCUT2D eigenvalue weighted by molar-refractivity contribution is -0.144. The minimum atomic E-state index is -1.06. The summed E-state index contributed by atoms with van der Waals surface area (Å²) in [6, 6.07) is 16.1. The van der Waals surface area contributed by atoms with Gasteiger partial charge in [-0.2, -0.15) is 5.10 Å². The predicted molar refractivity (Wildman–Crippen MR) is 339 cm³/mol. The van der Waals surface area contributed by atoms with Crippen LogP contribution >= 0.6 is 11.3 Å². The number of nitrogens with one attached hydrogen (secondary N) is 5. The molecule has 1 unspecified atom stereocenters. The smallest absolute Gasteiger partial charge is 0.252 e. The van der Waals surface area contributed by atoms with Crippen LogP contribution in [0.3, 0.4) is 0 Å². The topological polar surface area (TPSA) is 289 Å². The molecule has 2 saturated heterocycles. The van der Waals surface area contributed by atoms with Crippen LogP contribution in [0.1, 0.15) is 87.0 Å². The summed E-state index contributed by atoms with van der Waals surface area (Å²) in [5.74, 6) is -0.655. The minimum Gasteiger partial charge on any atom is -0.391 e. The van der Waals surface area contributed by atoms with E-state index in [1.807, 2.05) is 106 Å². The first-order chi connectivity index (χ1) is 42.7. The molecule has 25 heteroatoms. The van der Waals surface area contributed by atoms with Gasteiger partial charge in [0, 0.05) is 105 Å². The zero-order valence-corrected chi connectivity index (χ0v) is 53.3. The fourth-order valence-corrected chi connectivity index (χ4v) is 11.6. The van der Waals surface area contributed by atoms with E-state index in [2.05, 4.69) is 66.0 Å². The summed E-state index contributed by atoms with van der Waals surface area (Å²) in [6.07, 6.45) is 1.78. The molecule has 0 radical (unpaired) electrons. The summed E-state index contributed by atoms with van der Waals surface area (Å²) in [5.41, 5.74) is 9.36. The molecule has 24 nitrogen and oxygen atoms in total. The number of thiazole rings is 1. The maximum absolute atomic E-state index is 14.0. The zero-order chi connectivity index (χ0) is 63.6. The van der Waals surface area contributed by atoms with Gasteiger partial charge < -0.3 is 64.6 Å². The van der Waals surface area contributed by atoms with Crippen molar-refractivity contribution in [1.82, 2.24) is 55.8 Å². The number of hydrogen-bond donors (Lipinski definition) is 7. The Kier molecular flexibility index (Phi) is 24.9. The molecule has 7 N–H and O–H groups in total. The van der Waals surface area contributed by atoms with Crippen LogP contribution in [0.25, 0.3) is 32.5 Å². The third kappa shape index (κ3) is 19.2. The molecule has 0 aliphatic carbocycles. The summed E-state index contributed by atoms with van der Waals surface area (Å²) in [4.78, 5) is 84.6. The maximum Gasteiger partial charge on any atom is 0.252 e. The molecule has 4 amide bonds. The van der Waals surface area contributed by atoms with E-state index >= 15 is 0 Å². The van der Waals surface area contributed by atoms with Gasteiger partial charge in [0.05, 0.1) is 86.8 Å². The van der Waals surface area contributed by atoms with E-state index in [1.54, 1.807) is 17.5 Å². The van der Waals surface area contributed by atoms with Crippen molar-refractivity contribution in [3.05, 3.63) is 116 Å². The van der Waals surface area contributed by atoms with Crippen LogP contribution in [0.2, 0.25) is 0 Å². The van der Waals surface area contributed by atoms with Crippen molar-refractivity contribution in [1.29, 1.82) is 0 Å². The van der Waals surface area contributed by atoms with Gasteiger partial charge in [0.2, 0.25) is 23.6 Å². The van der Waals surface area contributed by atoms with E-state index in [0.29, 0.717) is 57.3 Å². The highest BCUT2D eigenvalue weighted by Crippen LogP contribution is 2.33. The van der Waals surface area contributed by atoms with Crippen LogP contribution in [-0.4, -0.2) is 198 Å². The van der Waals surface area contributed by atoms with Gasteiger partial charge in [-0.1, -0.05) is 45.0 Å². The third-order valence-electron chi connectivity index (χ3n) is 15.7. The Hall–Kier alpha value is -7.04. The third-order valence-corrected chi connectivity index (χ3v) is 16.7. The van der Waals surface area contributed by atoms with E-state index in [9.17, 15) is 34.2 Å². The lowest BCUT2D eigenvalue weighted by Crippen LogP contribution is -2.58. The van der Waals surface area contributed by atoms with Gasteiger partial charge in [-0.3, -0.25) is 38.9 Å². The molecule has 0 spiro atoms. The quantitative estimate of drug-likeness (QED) is 0.0229. The lowest BCUT2D eigenvalue weighted by atomic mass is 9.85. The fraction of sp³-hybridized carbons (Fsp3) is 0.531. The highest BCUT2D eigenvalue weighted by Gasteiger charge is 2.44. The second-order valence-corrected chi connectivity index (χ2v) is 24.7. The molecule has 2 fully saturated rings. The molecule has 2 aliphatic rings. The number of carbonyl (C=O) groups is 4. The largest absolute Gasteiger partial charge is 0.391 e. The fourth-order valence-electron chi connectivity index (χ4n) is 10.8. The normalized spacial score (nSPS) is 16.3. The van der Waals surface area contributed by atoms with Gasteiger partial charge in [-0.05, 0) is 92.6 Å². The van der Waals surface area contributed by atoms with Gasteiger partial charge in [-0.15, -0.1) is 11.3 Å². The Balaban J connectivity index is 0.630. The van der Waals surface area contributed by atoms with Crippen molar-refractivity contribution >= 4 is 51.7 Å². The number of likely N-dealkylation sites (tertiary alicyclic amines) is 1. The van der Waals surface area contributed by atoms with Crippen molar-refractivity contribution < 1.29 is 53.1 Å². The molecular formula is C64H88N12O12S. The second-order valence-electron chi connectivity index (χ2n) is 23.9. The molecule has 0 saturated carbocycles. The predicted octanol–water partition coefficient (Wildman–Crippen LogP) is 4.33. The number of anilines is 1. The number of nitrogens with zero attached hydrogens (tertiary/aromatic N) is 7. The van der Waals surface area contributed by atoms with Gasteiger partial charge in [0.1, 0.15) is 37.3 Å². The summed E-state index contributed by atoms with van der Waals surface area (Å²) in [6.45, 7) is 22.0. The Morgan fingerprint density at radius 3 is 2.03 bits per heavy atom. The molecule has 6 heterocycles. The molecule has 482 valence electrons. The van der Waals surface area contributed by atoms with Crippen LogP contribution < -0.4 is 31.7 Å². The molecular weight excluding hydrogens is 1160 g/mol. The number of aliphatic hydroxyl groups excluding tert-OH is 2. The number of carbonyl (C=O) groups excluding carboxylic acids is 4. The molecule has 4 atom stereocenters. The number of aromatic nitrogens is 5. The number of β-amino-alcohol motifs (C(OH)–C–C–N with tert-alkyl or cyclic N) is 1. The minimum absolute atomic E-state index is 0.0278. The molecule has 4 aromatic heterocycles.